The van der Waals surface area contributed by atoms with E-state index in [1.165, 1.54) is 19.2 Å². The van der Waals surface area contributed by atoms with Crippen LogP contribution in [0.1, 0.15) is 12.2 Å². The maximum Gasteiger partial charge on any atom is 0.312 e. The molecule has 0 saturated carbocycles. The number of nitro benzene ring substituents is 1. The van der Waals surface area contributed by atoms with Crippen molar-refractivity contribution in [1.82, 2.24) is 9.55 Å². The first-order chi connectivity index (χ1) is 9.43. The molecule has 1 aromatic heterocycles. The summed E-state index contributed by atoms with van der Waals surface area (Å²) in [6.45, 7) is 0. The maximum atomic E-state index is 11.1. The van der Waals surface area contributed by atoms with Crippen LogP contribution in [0.25, 0.3) is 11.0 Å². The number of rotatable bonds is 4. The van der Waals surface area contributed by atoms with Crippen LogP contribution < -0.4 is 0 Å². The van der Waals surface area contributed by atoms with Gasteiger partial charge >= 0.3 is 11.7 Å². The van der Waals surface area contributed by atoms with Crippen LogP contribution in [0.3, 0.4) is 0 Å². The number of phenolic OH excluding ortho intramolecular Hbond substituents is 1. The number of aromatic nitrogens is 2. The molecule has 0 aliphatic rings. The van der Waals surface area contributed by atoms with E-state index >= 15 is 0 Å². The van der Waals surface area contributed by atoms with E-state index in [1.54, 1.807) is 11.6 Å². The number of fused-ring (bicyclic) bond motifs is 1. The molecule has 0 saturated heterocycles. The Bertz CT molecular complexity index is 692. The Kier molecular flexibility index (Phi) is 3.55. The second-order valence-corrected chi connectivity index (χ2v) is 4.25. The summed E-state index contributed by atoms with van der Waals surface area (Å²) >= 11 is 0. The minimum absolute atomic E-state index is 0.168. The second-order valence-electron chi connectivity index (χ2n) is 4.25. The molecule has 0 aliphatic heterocycles. The summed E-state index contributed by atoms with van der Waals surface area (Å²) in [5, 5.41) is 20.4. The van der Waals surface area contributed by atoms with Gasteiger partial charge in [-0.15, -0.1) is 0 Å². The number of aromatic hydroxyl groups is 1. The molecule has 106 valence electrons. The van der Waals surface area contributed by atoms with Gasteiger partial charge in [-0.05, 0) is 0 Å². The third-order valence-electron chi connectivity index (χ3n) is 3.05. The van der Waals surface area contributed by atoms with Crippen molar-refractivity contribution in [2.45, 2.75) is 12.8 Å². The van der Waals surface area contributed by atoms with Crippen LogP contribution in [0.15, 0.2) is 12.1 Å². The molecule has 2 aromatic rings. The van der Waals surface area contributed by atoms with Crippen molar-refractivity contribution >= 4 is 22.7 Å². The van der Waals surface area contributed by atoms with E-state index in [2.05, 4.69) is 9.72 Å². The fraction of sp³-hybridized carbons (Fsp3) is 0.333. The van der Waals surface area contributed by atoms with Crippen molar-refractivity contribution < 1.29 is 19.6 Å². The Morgan fingerprint density at radius 1 is 1.55 bits per heavy atom. The summed E-state index contributed by atoms with van der Waals surface area (Å²) in [6, 6.07) is 2.51. The Morgan fingerprint density at radius 3 is 2.85 bits per heavy atom. The Labute approximate surface area is 113 Å². The van der Waals surface area contributed by atoms with Crippen molar-refractivity contribution in [2.24, 2.45) is 7.05 Å². The van der Waals surface area contributed by atoms with Gasteiger partial charge in [0.1, 0.15) is 5.82 Å². The zero-order valence-electron chi connectivity index (χ0n) is 11.0. The quantitative estimate of drug-likeness (QED) is 0.513. The van der Waals surface area contributed by atoms with Crippen LogP contribution in [0.5, 0.6) is 5.75 Å². The molecule has 0 aliphatic carbocycles. The van der Waals surface area contributed by atoms with Gasteiger partial charge in [0.25, 0.3) is 0 Å². The third-order valence-corrected chi connectivity index (χ3v) is 3.05. The highest BCUT2D eigenvalue weighted by atomic mass is 16.6. The average molecular weight is 279 g/mol. The second kappa shape index (κ2) is 5.16. The first kappa shape index (κ1) is 13.8. The molecule has 0 radical (unpaired) electrons. The molecule has 20 heavy (non-hydrogen) atoms. The predicted molar refractivity (Wildman–Crippen MR) is 69.4 cm³/mol. The summed E-state index contributed by atoms with van der Waals surface area (Å²) in [5.74, 6) is -0.198. The lowest BCUT2D eigenvalue weighted by Crippen LogP contribution is -2.05. The molecule has 8 heteroatoms. The van der Waals surface area contributed by atoms with Gasteiger partial charge in [-0.3, -0.25) is 14.9 Å². The van der Waals surface area contributed by atoms with Gasteiger partial charge < -0.3 is 14.4 Å². The van der Waals surface area contributed by atoms with Crippen LogP contribution >= 0.6 is 0 Å². The highest BCUT2D eigenvalue weighted by Gasteiger charge is 2.18. The monoisotopic (exact) mass is 279 g/mol. The molecular formula is C12H13N3O5. The smallest absolute Gasteiger partial charge is 0.312 e. The summed E-state index contributed by atoms with van der Waals surface area (Å²) in [4.78, 5) is 25.5. The van der Waals surface area contributed by atoms with E-state index in [1.807, 2.05) is 0 Å². The number of carbonyl (C=O) groups excluding carboxylic acids is 1. The number of aryl methyl sites for hydroxylation is 2. The van der Waals surface area contributed by atoms with Crippen LogP contribution in [0.2, 0.25) is 0 Å². The molecule has 0 fully saturated rings. The minimum atomic E-state index is -0.657. The summed E-state index contributed by atoms with van der Waals surface area (Å²) in [5.41, 5.74) is 0.588. The van der Waals surface area contributed by atoms with Crippen molar-refractivity contribution in [3.63, 3.8) is 0 Å². The van der Waals surface area contributed by atoms with Gasteiger partial charge in [0.15, 0.2) is 5.75 Å². The topological polar surface area (TPSA) is 107 Å². The van der Waals surface area contributed by atoms with E-state index in [4.69, 9.17) is 0 Å². The number of esters is 1. The Morgan fingerprint density at radius 2 is 2.25 bits per heavy atom. The van der Waals surface area contributed by atoms with Crippen molar-refractivity contribution in [2.75, 3.05) is 7.11 Å². The average Bonchev–Trinajstić information content (AvgIpc) is 2.70. The number of hydrogen-bond acceptors (Lipinski definition) is 6. The SMILES string of the molecule is COC(=O)CCc1nc2cc(O)c([N+](=O)[O-])cc2n1C. The molecule has 0 atom stereocenters. The highest BCUT2D eigenvalue weighted by molar-refractivity contribution is 5.82. The van der Waals surface area contributed by atoms with E-state index in [-0.39, 0.29) is 18.1 Å². The van der Waals surface area contributed by atoms with Crippen LogP contribution in [0.4, 0.5) is 5.69 Å². The van der Waals surface area contributed by atoms with Crippen molar-refractivity contribution in [1.29, 1.82) is 0 Å². The summed E-state index contributed by atoms with van der Waals surface area (Å²) in [6.07, 6.45) is 0.522. The standard InChI is InChI=1S/C12H13N3O5/c1-14-8-6-9(15(18)19)10(16)5-7(8)13-11(14)3-4-12(17)20-2/h5-6,16H,3-4H2,1-2H3. The summed E-state index contributed by atoms with van der Waals surface area (Å²) in [7, 11) is 3.00. The zero-order chi connectivity index (χ0) is 14.9. The zero-order valence-corrected chi connectivity index (χ0v) is 11.0. The van der Waals surface area contributed by atoms with Gasteiger partial charge in [0.2, 0.25) is 0 Å². The Balaban J connectivity index is 2.42. The number of benzene rings is 1. The lowest BCUT2D eigenvalue weighted by Gasteiger charge is -2.01. The minimum Gasteiger partial charge on any atom is -0.502 e. The number of methoxy groups -OCH3 is 1. The van der Waals surface area contributed by atoms with Gasteiger partial charge in [0.05, 0.1) is 29.5 Å². The highest BCUT2D eigenvalue weighted by Crippen LogP contribution is 2.31. The molecule has 1 aromatic carbocycles. The molecule has 0 bridgehead atoms. The first-order valence-electron chi connectivity index (χ1n) is 5.83. The van der Waals surface area contributed by atoms with Gasteiger partial charge in [-0.2, -0.15) is 0 Å². The molecule has 0 amide bonds. The fourth-order valence-corrected chi connectivity index (χ4v) is 1.95. The maximum absolute atomic E-state index is 11.1. The fourth-order valence-electron chi connectivity index (χ4n) is 1.95. The molecule has 2 rings (SSSR count). The Hall–Kier alpha value is -2.64. The van der Waals surface area contributed by atoms with Gasteiger partial charge in [-0.1, -0.05) is 0 Å². The number of nitrogens with zero attached hydrogens (tertiary/aromatic N) is 3. The van der Waals surface area contributed by atoms with Gasteiger partial charge in [-0.25, -0.2) is 4.98 Å². The predicted octanol–water partition coefficient (Wildman–Crippen LogP) is 1.29. The van der Waals surface area contributed by atoms with E-state index in [0.717, 1.165) is 0 Å². The normalized spacial score (nSPS) is 10.7. The molecule has 0 unspecified atom stereocenters. The summed E-state index contributed by atoms with van der Waals surface area (Å²) < 4.78 is 6.21. The lowest BCUT2D eigenvalue weighted by molar-refractivity contribution is -0.385. The largest absolute Gasteiger partial charge is 0.502 e. The van der Waals surface area contributed by atoms with Crippen LogP contribution in [-0.4, -0.2) is 32.7 Å². The lowest BCUT2D eigenvalue weighted by atomic mass is 10.2. The molecule has 8 nitrogen and oxygen atoms in total. The van der Waals surface area contributed by atoms with Crippen LogP contribution in [-0.2, 0) is 23.0 Å². The molecule has 1 heterocycles. The van der Waals surface area contributed by atoms with Crippen molar-refractivity contribution in [3.05, 3.63) is 28.1 Å². The number of imidazole rings is 1. The first-order valence-corrected chi connectivity index (χ1v) is 5.83. The van der Waals surface area contributed by atoms with E-state index in [0.29, 0.717) is 23.3 Å². The molecule has 0 spiro atoms. The number of ether oxygens (including phenoxy) is 1. The number of carbonyl (C=O) groups is 1. The van der Waals surface area contributed by atoms with Crippen LogP contribution in [0, 0.1) is 10.1 Å². The van der Waals surface area contributed by atoms with Gasteiger partial charge in [0, 0.05) is 25.6 Å². The number of nitro groups is 1. The van der Waals surface area contributed by atoms with E-state index < -0.39 is 10.7 Å². The number of phenols is 1. The number of hydrogen-bond donors (Lipinski definition) is 1. The molecular weight excluding hydrogens is 266 g/mol. The van der Waals surface area contributed by atoms with E-state index in [9.17, 15) is 20.0 Å². The van der Waals surface area contributed by atoms with Crippen molar-refractivity contribution in [3.8, 4) is 5.75 Å². The molecule has 1 N–H and O–H groups in total. The third kappa shape index (κ3) is 2.40.